The number of hydrogen-bond donors (Lipinski definition) is 1. The summed E-state index contributed by atoms with van der Waals surface area (Å²) in [6.07, 6.45) is 4.63. The van der Waals surface area contributed by atoms with Crippen molar-refractivity contribution in [1.82, 2.24) is 14.9 Å². The Morgan fingerprint density at radius 1 is 1.61 bits per heavy atom. The highest BCUT2D eigenvalue weighted by Crippen LogP contribution is 2.16. The van der Waals surface area contributed by atoms with Crippen molar-refractivity contribution >= 4 is 17.7 Å². The van der Waals surface area contributed by atoms with E-state index in [9.17, 15) is 4.79 Å². The van der Waals surface area contributed by atoms with E-state index in [0.29, 0.717) is 12.4 Å². The van der Waals surface area contributed by atoms with Gasteiger partial charge in [0, 0.05) is 25.2 Å². The van der Waals surface area contributed by atoms with Crippen molar-refractivity contribution in [3.8, 4) is 0 Å². The highest BCUT2D eigenvalue weighted by atomic mass is 32.2. The Hall–Kier alpha value is -1.01. The molecule has 1 atom stereocenters. The van der Waals surface area contributed by atoms with E-state index in [1.165, 1.54) is 0 Å². The Labute approximate surface area is 112 Å². The number of nitrogens with one attached hydrogen (secondary N) is 1. The molecule has 0 fully saturated rings. The van der Waals surface area contributed by atoms with Gasteiger partial charge in [0.2, 0.25) is 0 Å². The number of hydrogen-bond acceptors (Lipinski definition) is 5. The molecule has 0 saturated heterocycles. The van der Waals surface area contributed by atoms with Crippen molar-refractivity contribution in [3.05, 3.63) is 12.4 Å². The molecule has 0 aliphatic rings. The molecule has 0 aromatic carbocycles. The fourth-order valence-corrected chi connectivity index (χ4v) is 2.39. The minimum atomic E-state index is -0.272. The lowest BCUT2D eigenvalue weighted by molar-refractivity contribution is -0.144. The maximum Gasteiger partial charge on any atom is 0.323 e. The summed E-state index contributed by atoms with van der Waals surface area (Å²) in [5.41, 5.74) is 0. The van der Waals surface area contributed by atoms with Crippen LogP contribution in [-0.2, 0) is 16.6 Å². The number of carbonyl (C=O) groups is 1. The molecule has 1 rings (SSSR count). The zero-order valence-electron chi connectivity index (χ0n) is 11.2. The van der Waals surface area contributed by atoms with Crippen LogP contribution >= 0.6 is 11.8 Å². The smallest absolute Gasteiger partial charge is 0.323 e. The molecule has 1 heterocycles. The number of aryl methyl sites for hydroxylation is 1. The second-order valence-corrected chi connectivity index (χ2v) is 4.88. The van der Waals surface area contributed by atoms with Gasteiger partial charge < -0.3 is 14.6 Å². The maximum absolute atomic E-state index is 11.8. The third-order valence-electron chi connectivity index (χ3n) is 2.37. The average Bonchev–Trinajstić information content (AvgIpc) is 2.75. The van der Waals surface area contributed by atoms with Crippen LogP contribution in [0.2, 0.25) is 0 Å². The van der Waals surface area contributed by atoms with Crippen LogP contribution in [-0.4, -0.2) is 40.5 Å². The van der Waals surface area contributed by atoms with E-state index in [1.54, 1.807) is 18.0 Å². The molecule has 6 heteroatoms. The van der Waals surface area contributed by atoms with Gasteiger partial charge in [-0.25, -0.2) is 4.98 Å². The van der Waals surface area contributed by atoms with Crippen LogP contribution in [0.15, 0.2) is 17.6 Å². The van der Waals surface area contributed by atoms with Crippen LogP contribution in [0.25, 0.3) is 0 Å². The van der Waals surface area contributed by atoms with E-state index in [2.05, 4.69) is 17.2 Å². The van der Waals surface area contributed by atoms with Gasteiger partial charge in [0.15, 0.2) is 5.16 Å². The fraction of sp³-hybridized carbons (Fsp3) is 0.667. The van der Waals surface area contributed by atoms with Crippen LogP contribution in [0.1, 0.15) is 20.3 Å². The molecule has 1 N–H and O–H groups in total. The fourth-order valence-electron chi connectivity index (χ4n) is 1.42. The summed E-state index contributed by atoms with van der Waals surface area (Å²) < 4.78 is 7.00. The first-order chi connectivity index (χ1) is 8.69. The van der Waals surface area contributed by atoms with Crippen molar-refractivity contribution in [1.29, 1.82) is 0 Å². The lowest BCUT2D eigenvalue weighted by Crippen LogP contribution is -2.40. The zero-order valence-corrected chi connectivity index (χ0v) is 12.0. The van der Waals surface area contributed by atoms with Gasteiger partial charge in [-0.15, -0.1) is 0 Å². The van der Waals surface area contributed by atoms with Crippen molar-refractivity contribution < 1.29 is 9.53 Å². The maximum atomic E-state index is 11.8. The first-order valence-electron chi connectivity index (χ1n) is 6.19. The molecule has 5 nitrogen and oxygen atoms in total. The average molecular weight is 271 g/mol. The number of thioether (sulfide) groups is 1. The molecule has 102 valence electrons. The Morgan fingerprint density at radius 2 is 2.39 bits per heavy atom. The molecule has 0 amide bonds. The van der Waals surface area contributed by atoms with Gasteiger partial charge >= 0.3 is 5.97 Å². The molecular formula is C12H21N3O2S. The standard InChI is InChI=1S/C12H21N3O2S/c1-4-6-13-10(11(16)17-5-2)9-18-12-14-7-8-15(12)3/h7-8,10,13H,4-6,9H2,1-3H3. The van der Waals surface area contributed by atoms with Gasteiger partial charge in [0.05, 0.1) is 6.61 Å². The van der Waals surface area contributed by atoms with Gasteiger partial charge in [0.1, 0.15) is 6.04 Å². The predicted molar refractivity (Wildman–Crippen MR) is 72.6 cm³/mol. The van der Waals surface area contributed by atoms with E-state index >= 15 is 0 Å². The highest BCUT2D eigenvalue weighted by Gasteiger charge is 2.19. The molecule has 18 heavy (non-hydrogen) atoms. The number of imidazole rings is 1. The van der Waals surface area contributed by atoms with Gasteiger partial charge in [-0.3, -0.25) is 4.79 Å². The Balaban J connectivity index is 2.50. The number of ether oxygens (including phenoxy) is 1. The Morgan fingerprint density at radius 3 is 2.94 bits per heavy atom. The highest BCUT2D eigenvalue weighted by molar-refractivity contribution is 7.99. The minimum absolute atomic E-state index is 0.187. The Bertz CT molecular complexity index is 368. The monoisotopic (exact) mass is 271 g/mol. The normalized spacial score (nSPS) is 12.4. The van der Waals surface area contributed by atoms with E-state index in [4.69, 9.17) is 4.74 Å². The number of esters is 1. The van der Waals surface area contributed by atoms with Crippen molar-refractivity contribution in [2.45, 2.75) is 31.5 Å². The second kappa shape index (κ2) is 8.16. The topological polar surface area (TPSA) is 56.2 Å². The van der Waals surface area contributed by atoms with Crippen LogP contribution in [0.3, 0.4) is 0 Å². The van der Waals surface area contributed by atoms with Crippen LogP contribution < -0.4 is 5.32 Å². The lowest BCUT2D eigenvalue weighted by atomic mass is 10.3. The second-order valence-electron chi connectivity index (χ2n) is 3.89. The van der Waals surface area contributed by atoms with Gasteiger partial charge in [0.25, 0.3) is 0 Å². The number of carbonyl (C=O) groups excluding carboxylic acids is 1. The quantitative estimate of drug-likeness (QED) is 0.573. The van der Waals surface area contributed by atoms with E-state index in [1.807, 2.05) is 24.7 Å². The lowest BCUT2D eigenvalue weighted by Gasteiger charge is -2.16. The molecule has 1 aromatic rings. The van der Waals surface area contributed by atoms with Crippen LogP contribution in [0, 0.1) is 0 Å². The third kappa shape index (κ3) is 4.70. The first kappa shape index (κ1) is 15.0. The number of rotatable bonds is 8. The van der Waals surface area contributed by atoms with Crippen molar-refractivity contribution in [2.75, 3.05) is 18.9 Å². The SMILES string of the molecule is CCCNC(CSc1nccn1C)C(=O)OCC. The summed E-state index contributed by atoms with van der Waals surface area (Å²) in [5, 5.41) is 4.11. The van der Waals surface area contributed by atoms with Crippen LogP contribution in [0.4, 0.5) is 0 Å². The summed E-state index contributed by atoms with van der Waals surface area (Å²) in [6, 6.07) is -0.272. The first-order valence-corrected chi connectivity index (χ1v) is 7.17. The molecule has 1 aromatic heterocycles. The van der Waals surface area contributed by atoms with Crippen LogP contribution in [0.5, 0.6) is 0 Å². The molecule has 0 saturated carbocycles. The van der Waals surface area contributed by atoms with Crippen molar-refractivity contribution in [3.63, 3.8) is 0 Å². The van der Waals surface area contributed by atoms with Crippen molar-refractivity contribution in [2.24, 2.45) is 7.05 Å². The largest absolute Gasteiger partial charge is 0.465 e. The predicted octanol–water partition coefficient (Wildman–Crippen LogP) is 1.44. The van der Waals surface area contributed by atoms with E-state index in [0.717, 1.165) is 18.1 Å². The molecule has 0 aliphatic heterocycles. The third-order valence-corrected chi connectivity index (χ3v) is 3.52. The zero-order chi connectivity index (χ0) is 13.4. The number of aromatic nitrogens is 2. The molecule has 0 bridgehead atoms. The molecule has 0 radical (unpaired) electrons. The summed E-state index contributed by atoms with van der Waals surface area (Å²) >= 11 is 1.55. The summed E-state index contributed by atoms with van der Waals surface area (Å²) in [6.45, 7) is 5.11. The number of nitrogens with zero attached hydrogens (tertiary/aromatic N) is 2. The summed E-state index contributed by atoms with van der Waals surface area (Å²) in [7, 11) is 1.94. The molecule has 0 aliphatic carbocycles. The van der Waals surface area contributed by atoms with Gasteiger partial charge in [-0.1, -0.05) is 18.7 Å². The Kier molecular flexibility index (Phi) is 6.82. The summed E-state index contributed by atoms with van der Waals surface area (Å²) in [5.74, 6) is 0.441. The molecular weight excluding hydrogens is 250 g/mol. The van der Waals surface area contributed by atoms with Gasteiger partial charge in [-0.05, 0) is 19.9 Å². The minimum Gasteiger partial charge on any atom is -0.465 e. The molecule has 0 spiro atoms. The summed E-state index contributed by atoms with van der Waals surface area (Å²) in [4.78, 5) is 16.0. The van der Waals surface area contributed by atoms with E-state index in [-0.39, 0.29) is 12.0 Å². The van der Waals surface area contributed by atoms with E-state index < -0.39 is 0 Å². The van der Waals surface area contributed by atoms with Gasteiger partial charge in [-0.2, -0.15) is 0 Å². The molecule has 1 unspecified atom stereocenters.